The van der Waals surface area contributed by atoms with E-state index in [4.69, 9.17) is 11.6 Å². The summed E-state index contributed by atoms with van der Waals surface area (Å²) in [6.07, 6.45) is 1.58. The highest BCUT2D eigenvalue weighted by Gasteiger charge is 2.16. The van der Waals surface area contributed by atoms with Crippen LogP contribution in [0.4, 0.5) is 15.9 Å². The molecule has 1 aromatic carbocycles. The molecule has 2 heterocycles. The SMILES string of the molecule is O=[N+]([O-])c1ccc(Cl)nc1NCc1cc2cccnc2cc1F. The smallest absolute Gasteiger partial charge is 0.311 e. The summed E-state index contributed by atoms with van der Waals surface area (Å²) in [6, 6.07) is 9.10. The molecule has 0 amide bonds. The van der Waals surface area contributed by atoms with E-state index < -0.39 is 10.7 Å². The summed E-state index contributed by atoms with van der Waals surface area (Å²) in [6.45, 7) is 0.0326. The molecule has 0 atom stereocenters. The van der Waals surface area contributed by atoms with Gasteiger partial charge in [0.2, 0.25) is 5.82 Å². The summed E-state index contributed by atoms with van der Waals surface area (Å²) in [4.78, 5) is 18.4. The molecule has 0 saturated heterocycles. The molecule has 116 valence electrons. The van der Waals surface area contributed by atoms with E-state index in [0.717, 1.165) is 5.39 Å². The quantitative estimate of drug-likeness (QED) is 0.444. The number of aromatic nitrogens is 2. The van der Waals surface area contributed by atoms with Gasteiger partial charge < -0.3 is 5.32 Å². The first-order chi connectivity index (χ1) is 11.0. The molecule has 0 aliphatic heterocycles. The highest BCUT2D eigenvalue weighted by Crippen LogP contribution is 2.25. The second-order valence-electron chi connectivity index (χ2n) is 4.75. The Kier molecular flexibility index (Phi) is 4.03. The minimum Gasteiger partial charge on any atom is -0.360 e. The molecule has 0 saturated carbocycles. The zero-order valence-electron chi connectivity index (χ0n) is 11.7. The molecule has 6 nitrogen and oxygen atoms in total. The molecule has 23 heavy (non-hydrogen) atoms. The molecular weight excluding hydrogens is 323 g/mol. The van der Waals surface area contributed by atoms with Gasteiger partial charge in [-0.05, 0) is 18.2 Å². The van der Waals surface area contributed by atoms with Gasteiger partial charge in [-0.1, -0.05) is 17.7 Å². The van der Waals surface area contributed by atoms with Crippen molar-refractivity contribution in [3.63, 3.8) is 0 Å². The third kappa shape index (κ3) is 3.19. The van der Waals surface area contributed by atoms with Crippen molar-refractivity contribution in [1.29, 1.82) is 0 Å². The Morgan fingerprint density at radius 1 is 1.30 bits per heavy atom. The largest absolute Gasteiger partial charge is 0.360 e. The van der Waals surface area contributed by atoms with Crippen LogP contribution in [0.1, 0.15) is 5.56 Å². The predicted octanol–water partition coefficient (Wildman–Crippen LogP) is 3.94. The Morgan fingerprint density at radius 3 is 2.91 bits per heavy atom. The van der Waals surface area contributed by atoms with Crippen LogP contribution in [-0.2, 0) is 6.54 Å². The van der Waals surface area contributed by atoms with Gasteiger partial charge >= 0.3 is 5.69 Å². The van der Waals surface area contributed by atoms with Crippen molar-refractivity contribution < 1.29 is 9.31 Å². The molecule has 8 heteroatoms. The van der Waals surface area contributed by atoms with Crippen LogP contribution in [0.2, 0.25) is 5.15 Å². The molecule has 3 rings (SSSR count). The molecule has 0 unspecified atom stereocenters. The lowest BCUT2D eigenvalue weighted by Crippen LogP contribution is -2.06. The summed E-state index contributed by atoms with van der Waals surface area (Å²) in [7, 11) is 0. The fourth-order valence-electron chi connectivity index (χ4n) is 2.16. The molecule has 0 aliphatic rings. The number of hydrogen-bond acceptors (Lipinski definition) is 5. The summed E-state index contributed by atoms with van der Waals surface area (Å²) in [5.74, 6) is -0.457. The van der Waals surface area contributed by atoms with Gasteiger partial charge in [-0.15, -0.1) is 0 Å². The number of nitrogens with zero attached hydrogens (tertiary/aromatic N) is 3. The molecular formula is C15H10ClFN4O2. The van der Waals surface area contributed by atoms with Crippen molar-refractivity contribution in [2.24, 2.45) is 0 Å². The molecule has 0 bridgehead atoms. The summed E-state index contributed by atoms with van der Waals surface area (Å²) in [5, 5.41) is 14.6. The van der Waals surface area contributed by atoms with E-state index >= 15 is 0 Å². The molecule has 0 fully saturated rings. The van der Waals surface area contributed by atoms with Crippen LogP contribution in [-0.4, -0.2) is 14.9 Å². The summed E-state index contributed by atoms with van der Waals surface area (Å²) < 4.78 is 14.1. The first-order valence-electron chi connectivity index (χ1n) is 6.62. The Hall–Kier alpha value is -2.80. The lowest BCUT2D eigenvalue weighted by molar-refractivity contribution is -0.384. The average Bonchev–Trinajstić information content (AvgIpc) is 2.52. The van der Waals surface area contributed by atoms with Crippen molar-refractivity contribution in [3.8, 4) is 0 Å². The molecule has 0 radical (unpaired) electrons. The van der Waals surface area contributed by atoms with Crippen molar-refractivity contribution in [1.82, 2.24) is 9.97 Å². The lowest BCUT2D eigenvalue weighted by atomic mass is 10.1. The summed E-state index contributed by atoms with van der Waals surface area (Å²) in [5.41, 5.74) is 0.666. The number of rotatable bonds is 4. The maximum atomic E-state index is 14.1. The monoisotopic (exact) mass is 332 g/mol. The van der Waals surface area contributed by atoms with E-state index in [-0.39, 0.29) is 23.2 Å². The Bertz CT molecular complexity index is 904. The first-order valence-corrected chi connectivity index (χ1v) is 7.00. The minimum absolute atomic E-state index is 0.00631. The van der Waals surface area contributed by atoms with Crippen LogP contribution in [0.5, 0.6) is 0 Å². The van der Waals surface area contributed by atoms with E-state index in [1.165, 1.54) is 18.2 Å². The second kappa shape index (κ2) is 6.13. The van der Waals surface area contributed by atoms with E-state index in [9.17, 15) is 14.5 Å². The number of nitrogens with one attached hydrogen (secondary N) is 1. The fraction of sp³-hybridized carbons (Fsp3) is 0.0667. The fourth-order valence-corrected chi connectivity index (χ4v) is 2.31. The molecule has 2 aromatic heterocycles. The van der Waals surface area contributed by atoms with E-state index in [0.29, 0.717) is 11.1 Å². The van der Waals surface area contributed by atoms with Crippen LogP contribution in [0.15, 0.2) is 42.6 Å². The molecule has 0 aliphatic carbocycles. The number of anilines is 1. The van der Waals surface area contributed by atoms with Gasteiger partial charge in [-0.2, -0.15) is 0 Å². The predicted molar refractivity (Wildman–Crippen MR) is 84.9 cm³/mol. The number of fused-ring (bicyclic) bond motifs is 1. The average molecular weight is 333 g/mol. The first kappa shape index (κ1) is 15.1. The zero-order chi connectivity index (χ0) is 16.4. The Balaban J connectivity index is 1.90. The van der Waals surface area contributed by atoms with Gasteiger partial charge in [-0.25, -0.2) is 9.37 Å². The van der Waals surface area contributed by atoms with Crippen LogP contribution >= 0.6 is 11.6 Å². The van der Waals surface area contributed by atoms with Gasteiger partial charge in [0.1, 0.15) is 11.0 Å². The van der Waals surface area contributed by atoms with E-state index in [1.54, 1.807) is 18.3 Å². The minimum atomic E-state index is -0.577. The maximum absolute atomic E-state index is 14.1. The van der Waals surface area contributed by atoms with Crippen LogP contribution in [0.3, 0.4) is 0 Å². The number of benzene rings is 1. The standard InChI is InChI=1S/C15H10ClFN4O2/c16-14-4-3-13(21(22)23)15(20-14)19-8-10-6-9-2-1-5-18-12(9)7-11(10)17/h1-7H,8H2,(H,19,20). The molecule has 3 aromatic rings. The number of pyridine rings is 2. The van der Waals surface area contributed by atoms with E-state index in [1.807, 2.05) is 6.07 Å². The van der Waals surface area contributed by atoms with E-state index in [2.05, 4.69) is 15.3 Å². The Morgan fingerprint density at radius 2 is 2.13 bits per heavy atom. The van der Waals surface area contributed by atoms with Gasteiger partial charge in [0, 0.05) is 35.8 Å². The molecule has 0 spiro atoms. The van der Waals surface area contributed by atoms with Gasteiger partial charge in [0.05, 0.1) is 10.4 Å². The number of nitro groups is 1. The third-order valence-electron chi connectivity index (χ3n) is 3.25. The second-order valence-corrected chi connectivity index (χ2v) is 5.14. The number of halogens is 2. The van der Waals surface area contributed by atoms with Crippen molar-refractivity contribution in [3.05, 3.63) is 69.2 Å². The van der Waals surface area contributed by atoms with Crippen LogP contribution < -0.4 is 5.32 Å². The van der Waals surface area contributed by atoms with Crippen LogP contribution in [0, 0.1) is 15.9 Å². The van der Waals surface area contributed by atoms with Crippen molar-refractivity contribution in [2.75, 3.05) is 5.32 Å². The van der Waals surface area contributed by atoms with Crippen molar-refractivity contribution >= 4 is 34.0 Å². The van der Waals surface area contributed by atoms with Gasteiger partial charge in [0.25, 0.3) is 0 Å². The zero-order valence-corrected chi connectivity index (χ0v) is 12.4. The normalized spacial score (nSPS) is 10.7. The maximum Gasteiger partial charge on any atom is 0.311 e. The van der Waals surface area contributed by atoms with Crippen molar-refractivity contribution in [2.45, 2.75) is 6.54 Å². The van der Waals surface area contributed by atoms with Gasteiger partial charge in [0.15, 0.2) is 0 Å². The number of hydrogen-bond donors (Lipinski definition) is 1. The third-order valence-corrected chi connectivity index (χ3v) is 3.46. The van der Waals surface area contributed by atoms with Gasteiger partial charge in [-0.3, -0.25) is 15.1 Å². The highest BCUT2D eigenvalue weighted by molar-refractivity contribution is 6.29. The van der Waals surface area contributed by atoms with Crippen LogP contribution in [0.25, 0.3) is 10.9 Å². The Labute approximate surface area is 135 Å². The lowest BCUT2D eigenvalue weighted by Gasteiger charge is -2.08. The molecule has 1 N–H and O–H groups in total. The highest BCUT2D eigenvalue weighted by atomic mass is 35.5. The summed E-state index contributed by atoms with van der Waals surface area (Å²) >= 11 is 5.76. The topological polar surface area (TPSA) is 81.0 Å².